The van der Waals surface area contributed by atoms with Gasteiger partial charge in [0.05, 0.1) is 24.0 Å². The number of nitrogens with zero attached hydrogens (tertiary/aromatic N) is 6. The van der Waals surface area contributed by atoms with Crippen molar-refractivity contribution in [2.24, 2.45) is 7.05 Å². The zero-order chi connectivity index (χ0) is 23.8. The summed E-state index contributed by atoms with van der Waals surface area (Å²) in [5, 5.41) is 7.58. The summed E-state index contributed by atoms with van der Waals surface area (Å²) in [4.78, 5) is 12.9. The van der Waals surface area contributed by atoms with Crippen LogP contribution in [0.3, 0.4) is 0 Å². The lowest BCUT2D eigenvalue weighted by Gasteiger charge is -2.25. The quantitative estimate of drug-likeness (QED) is 0.431. The van der Waals surface area contributed by atoms with Gasteiger partial charge in [-0.25, -0.2) is 23.7 Å². The van der Waals surface area contributed by atoms with E-state index < -0.39 is 18.5 Å². The molecule has 10 nitrogen and oxygen atoms in total. The van der Waals surface area contributed by atoms with E-state index in [9.17, 15) is 8.78 Å². The lowest BCUT2D eigenvalue weighted by atomic mass is 10.1. The molecule has 4 heterocycles. The first-order valence-corrected chi connectivity index (χ1v) is 10.8. The van der Waals surface area contributed by atoms with Crippen LogP contribution < -0.4 is 15.8 Å². The number of hydrogen-bond donors (Lipinski definition) is 2. The maximum Gasteiger partial charge on any atom is 0.295 e. The summed E-state index contributed by atoms with van der Waals surface area (Å²) in [7, 11) is 3.31. The van der Waals surface area contributed by atoms with Crippen LogP contribution in [-0.2, 0) is 11.8 Å². The fraction of sp³-hybridized carbons (Fsp3) is 0.364. The summed E-state index contributed by atoms with van der Waals surface area (Å²) in [6, 6.07) is 7.00. The number of ether oxygens (including phenoxy) is 2. The highest BCUT2D eigenvalue weighted by Crippen LogP contribution is 2.39. The second kappa shape index (κ2) is 8.86. The minimum Gasteiger partial charge on any atom is -0.494 e. The Bertz CT molecular complexity index is 1330. The third-order valence-corrected chi connectivity index (χ3v) is 5.66. The molecule has 3 N–H and O–H groups in total. The lowest BCUT2D eigenvalue weighted by molar-refractivity contribution is -0.0363. The monoisotopic (exact) mass is 470 g/mol. The van der Waals surface area contributed by atoms with E-state index in [1.165, 1.54) is 11.7 Å². The molecular formula is C22H24F2N8O2. The molecule has 0 aliphatic carbocycles. The number of pyridine rings is 1. The minimum atomic E-state index is -2.80. The number of nitrogen functional groups attached to an aromatic ring is 1. The number of rotatable bonds is 6. The number of aryl methyl sites for hydroxylation is 1. The topological polar surface area (TPSA) is 118 Å². The van der Waals surface area contributed by atoms with Gasteiger partial charge >= 0.3 is 0 Å². The first-order chi connectivity index (χ1) is 16.5. The molecule has 0 saturated carbocycles. The summed E-state index contributed by atoms with van der Waals surface area (Å²) < 4.78 is 42.4. The first-order valence-electron chi connectivity index (χ1n) is 10.8. The summed E-state index contributed by atoms with van der Waals surface area (Å²) in [6.45, 7) is 0.492. The highest BCUT2D eigenvalue weighted by Gasteiger charge is 2.29. The van der Waals surface area contributed by atoms with Gasteiger partial charge in [-0.05, 0) is 31.4 Å². The number of alkyl halides is 2. The minimum absolute atomic E-state index is 0.161. The number of halogens is 2. The molecule has 4 aromatic rings. The van der Waals surface area contributed by atoms with E-state index in [4.69, 9.17) is 15.2 Å². The van der Waals surface area contributed by atoms with Crippen molar-refractivity contribution < 1.29 is 18.3 Å². The Morgan fingerprint density at radius 3 is 2.76 bits per heavy atom. The number of imidazole rings is 1. The smallest absolute Gasteiger partial charge is 0.295 e. The third-order valence-electron chi connectivity index (χ3n) is 5.66. The summed E-state index contributed by atoms with van der Waals surface area (Å²) >= 11 is 0. The summed E-state index contributed by atoms with van der Waals surface area (Å²) in [5.41, 5.74) is 8.25. The standard InChI is InChI=1S/C22H24F2N8O2/c1-31-11-26-20(30-31)12-6-5-7-13(18(12)33-2)27-14-10-15(25)28-21-17(14)29-22(19(23)24)32(21)16-8-3-4-9-34-16/h5-7,10-11,16,19H,3-4,8-9H2,1-2H3,(H3,25,27,28). The largest absolute Gasteiger partial charge is 0.494 e. The van der Waals surface area contributed by atoms with Gasteiger partial charge in [-0.15, -0.1) is 0 Å². The zero-order valence-electron chi connectivity index (χ0n) is 18.7. The second-order valence-electron chi connectivity index (χ2n) is 7.98. The number of fused-ring (bicyclic) bond motifs is 1. The number of nitrogens with one attached hydrogen (secondary N) is 1. The number of nitrogens with two attached hydrogens (primary N) is 1. The van der Waals surface area contributed by atoms with Crippen molar-refractivity contribution in [3.63, 3.8) is 0 Å². The van der Waals surface area contributed by atoms with Crippen LogP contribution in [0.1, 0.15) is 37.7 Å². The number of anilines is 3. The van der Waals surface area contributed by atoms with Gasteiger partial charge < -0.3 is 20.5 Å². The highest BCUT2D eigenvalue weighted by molar-refractivity contribution is 5.92. The molecule has 5 rings (SSSR count). The van der Waals surface area contributed by atoms with E-state index in [-0.39, 0.29) is 17.0 Å². The molecule has 1 saturated heterocycles. The fourth-order valence-corrected chi connectivity index (χ4v) is 4.20. The van der Waals surface area contributed by atoms with E-state index in [1.807, 2.05) is 12.1 Å². The molecule has 1 unspecified atom stereocenters. The average Bonchev–Trinajstić information content (AvgIpc) is 3.43. The van der Waals surface area contributed by atoms with Crippen LogP contribution in [-0.4, -0.2) is 43.0 Å². The molecule has 1 fully saturated rings. The van der Waals surface area contributed by atoms with E-state index in [1.54, 1.807) is 30.2 Å². The summed E-state index contributed by atoms with van der Waals surface area (Å²) in [6.07, 6.45) is 0.563. The lowest BCUT2D eigenvalue weighted by Crippen LogP contribution is -2.20. The van der Waals surface area contributed by atoms with Crippen molar-refractivity contribution in [3.8, 4) is 17.1 Å². The van der Waals surface area contributed by atoms with E-state index >= 15 is 0 Å². The molecule has 0 radical (unpaired) electrons. The maximum atomic E-state index is 14.0. The number of hydrogen-bond acceptors (Lipinski definition) is 8. The van der Waals surface area contributed by atoms with Crippen molar-refractivity contribution in [2.75, 3.05) is 24.8 Å². The Kier molecular flexibility index (Phi) is 5.74. The third kappa shape index (κ3) is 3.89. The van der Waals surface area contributed by atoms with Crippen LogP contribution in [0.4, 0.5) is 26.0 Å². The summed E-state index contributed by atoms with van der Waals surface area (Å²) in [5.74, 6) is 0.734. The molecule has 34 heavy (non-hydrogen) atoms. The molecule has 178 valence electrons. The van der Waals surface area contributed by atoms with Crippen molar-refractivity contribution in [2.45, 2.75) is 31.9 Å². The van der Waals surface area contributed by atoms with Gasteiger partial charge in [0.25, 0.3) is 6.43 Å². The van der Waals surface area contributed by atoms with Crippen LogP contribution in [0.2, 0.25) is 0 Å². The number of aromatic nitrogens is 6. The first kappa shape index (κ1) is 22.0. The number of methoxy groups -OCH3 is 1. The SMILES string of the molecule is COc1c(Nc2cc(N)nc3c2nc(C(F)F)n3C2CCCCO2)cccc1-c1ncn(C)n1. The predicted octanol–water partition coefficient (Wildman–Crippen LogP) is 4.20. The molecule has 1 aliphatic rings. The second-order valence-corrected chi connectivity index (χ2v) is 7.98. The Morgan fingerprint density at radius 1 is 1.24 bits per heavy atom. The van der Waals surface area contributed by atoms with Crippen LogP contribution in [0.5, 0.6) is 5.75 Å². The Hall–Kier alpha value is -3.80. The van der Waals surface area contributed by atoms with Gasteiger partial charge in [0.1, 0.15) is 23.9 Å². The molecule has 1 atom stereocenters. The normalized spacial score (nSPS) is 16.3. The Morgan fingerprint density at radius 2 is 2.09 bits per heavy atom. The van der Waals surface area contributed by atoms with E-state index in [2.05, 4.69) is 25.4 Å². The Labute approximate surface area is 193 Å². The van der Waals surface area contributed by atoms with Gasteiger partial charge in [0.15, 0.2) is 23.0 Å². The maximum absolute atomic E-state index is 14.0. The molecule has 0 spiro atoms. The molecule has 3 aromatic heterocycles. The van der Waals surface area contributed by atoms with Crippen molar-refractivity contribution in [1.29, 1.82) is 0 Å². The van der Waals surface area contributed by atoms with Gasteiger partial charge in [-0.1, -0.05) is 6.07 Å². The van der Waals surface area contributed by atoms with E-state index in [0.29, 0.717) is 41.5 Å². The number of benzene rings is 1. The van der Waals surface area contributed by atoms with Crippen molar-refractivity contribution >= 4 is 28.4 Å². The van der Waals surface area contributed by atoms with E-state index in [0.717, 1.165) is 12.8 Å². The molecule has 1 aromatic carbocycles. The van der Waals surface area contributed by atoms with Gasteiger partial charge in [0.2, 0.25) is 0 Å². The predicted molar refractivity (Wildman–Crippen MR) is 122 cm³/mol. The molecule has 12 heteroatoms. The van der Waals surface area contributed by atoms with Crippen LogP contribution in [0.25, 0.3) is 22.6 Å². The van der Waals surface area contributed by atoms with Crippen molar-refractivity contribution in [3.05, 3.63) is 36.4 Å². The van der Waals surface area contributed by atoms with Gasteiger partial charge in [0, 0.05) is 19.7 Å². The zero-order valence-corrected chi connectivity index (χ0v) is 18.7. The highest BCUT2D eigenvalue weighted by atomic mass is 19.3. The Balaban J connectivity index is 1.63. The van der Waals surface area contributed by atoms with Crippen LogP contribution >= 0.6 is 0 Å². The molecule has 0 amide bonds. The van der Waals surface area contributed by atoms with Crippen LogP contribution in [0.15, 0.2) is 30.6 Å². The van der Waals surface area contributed by atoms with Gasteiger partial charge in [-0.3, -0.25) is 9.25 Å². The van der Waals surface area contributed by atoms with Crippen molar-refractivity contribution in [1.82, 2.24) is 29.3 Å². The number of para-hydroxylation sites is 1. The average molecular weight is 470 g/mol. The molecule has 0 bridgehead atoms. The van der Waals surface area contributed by atoms with Gasteiger partial charge in [-0.2, -0.15) is 5.10 Å². The molecular weight excluding hydrogens is 446 g/mol. The fourth-order valence-electron chi connectivity index (χ4n) is 4.20. The molecule has 1 aliphatic heterocycles. The van der Waals surface area contributed by atoms with Crippen LogP contribution in [0, 0.1) is 0 Å².